The Morgan fingerprint density at radius 2 is 2.00 bits per heavy atom. The SMILES string of the molecule is COC(=O)c1cc(-c2ccc(C(=O)NCCc3cncs3)cn2)ccc1N(CC1CC1)C(C)=O. The first-order chi connectivity index (χ1) is 16.5. The van der Waals surface area contributed by atoms with Gasteiger partial charge in [0, 0.05) is 49.3 Å². The Bertz CT molecular complexity index is 1170. The molecule has 8 nitrogen and oxygen atoms in total. The lowest BCUT2D eigenvalue weighted by atomic mass is 10.0. The summed E-state index contributed by atoms with van der Waals surface area (Å²) in [7, 11) is 1.32. The first-order valence-corrected chi connectivity index (χ1v) is 12.0. The van der Waals surface area contributed by atoms with Gasteiger partial charge in [-0.3, -0.25) is 19.6 Å². The summed E-state index contributed by atoms with van der Waals surface area (Å²) in [6.07, 6.45) is 6.21. The largest absolute Gasteiger partial charge is 0.465 e. The molecule has 1 aliphatic carbocycles. The normalized spacial score (nSPS) is 12.8. The predicted molar refractivity (Wildman–Crippen MR) is 130 cm³/mol. The molecule has 1 fully saturated rings. The number of carbonyl (C=O) groups is 3. The zero-order chi connectivity index (χ0) is 24.1. The van der Waals surface area contributed by atoms with Crippen LogP contribution in [0.1, 0.15) is 45.4 Å². The van der Waals surface area contributed by atoms with Crippen molar-refractivity contribution in [3.8, 4) is 11.3 Å². The summed E-state index contributed by atoms with van der Waals surface area (Å²) in [5.74, 6) is -0.368. The van der Waals surface area contributed by atoms with Gasteiger partial charge in [0.25, 0.3) is 5.91 Å². The molecule has 2 aromatic heterocycles. The number of benzene rings is 1. The fraction of sp³-hybridized carbons (Fsp3) is 0.320. The summed E-state index contributed by atoms with van der Waals surface area (Å²) in [5, 5.41) is 2.88. The van der Waals surface area contributed by atoms with Crippen molar-refractivity contribution in [3.63, 3.8) is 0 Å². The summed E-state index contributed by atoms with van der Waals surface area (Å²) < 4.78 is 4.98. The van der Waals surface area contributed by atoms with Crippen LogP contribution in [0.25, 0.3) is 11.3 Å². The maximum atomic E-state index is 12.5. The molecule has 0 unspecified atom stereocenters. The Kier molecular flexibility index (Phi) is 7.32. The van der Waals surface area contributed by atoms with E-state index in [0.29, 0.717) is 47.1 Å². The first kappa shape index (κ1) is 23.6. The Morgan fingerprint density at radius 3 is 2.62 bits per heavy atom. The van der Waals surface area contributed by atoms with Crippen molar-refractivity contribution >= 4 is 34.8 Å². The highest BCUT2D eigenvalue weighted by molar-refractivity contribution is 7.09. The molecule has 1 saturated carbocycles. The van der Waals surface area contributed by atoms with Crippen molar-refractivity contribution in [2.24, 2.45) is 5.92 Å². The van der Waals surface area contributed by atoms with Crippen LogP contribution in [-0.4, -0.2) is 48.0 Å². The Labute approximate surface area is 202 Å². The van der Waals surface area contributed by atoms with E-state index in [9.17, 15) is 14.4 Å². The van der Waals surface area contributed by atoms with Gasteiger partial charge in [0.05, 0.1) is 35.1 Å². The van der Waals surface area contributed by atoms with E-state index in [0.717, 1.165) is 24.1 Å². The number of ether oxygens (including phenoxy) is 1. The summed E-state index contributed by atoms with van der Waals surface area (Å²) in [5.41, 5.74) is 4.35. The monoisotopic (exact) mass is 478 g/mol. The van der Waals surface area contributed by atoms with Crippen LogP contribution in [0.3, 0.4) is 0 Å². The minimum absolute atomic E-state index is 0.117. The fourth-order valence-electron chi connectivity index (χ4n) is 3.63. The number of pyridine rings is 1. The number of carbonyl (C=O) groups excluding carboxylic acids is 3. The molecule has 0 aliphatic heterocycles. The molecule has 1 aliphatic rings. The zero-order valence-electron chi connectivity index (χ0n) is 19.1. The van der Waals surface area contributed by atoms with Crippen LogP contribution in [0, 0.1) is 5.92 Å². The maximum Gasteiger partial charge on any atom is 0.340 e. The van der Waals surface area contributed by atoms with Gasteiger partial charge in [0.1, 0.15) is 0 Å². The number of nitrogens with one attached hydrogen (secondary N) is 1. The molecule has 2 heterocycles. The van der Waals surface area contributed by atoms with Crippen LogP contribution in [0.5, 0.6) is 0 Å². The number of nitrogens with zero attached hydrogens (tertiary/aromatic N) is 3. The average Bonchev–Trinajstić information content (AvgIpc) is 3.53. The molecule has 0 radical (unpaired) electrons. The number of aromatic nitrogens is 2. The van der Waals surface area contributed by atoms with Gasteiger partial charge < -0.3 is 15.0 Å². The number of anilines is 1. The molecule has 0 saturated heterocycles. The van der Waals surface area contributed by atoms with Gasteiger partial charge in [-0.05, 0) is 43.0 Å². The second kappa shape index (κ2) is 10.6. The maximum absolute atomic E-state index is 12.5. The number of rotatable bonds is 9. The fourth-order valence-corrected chi connectivity index (χ4v) is 4.22. The summed E-state index contributed by atoms with van der Waals surface area (Å²) >= 11 is 1.56. The van der Waals surface area contributed by atoms with Crippen LogP contribution in [-0.2, 0) is 16.0 Å². The molecule has 0 spiro atoms. The molecule has 3 aromatic rings. The molecular weight excluding hydrogens is 452 g/mol. The van der Waals surface area contributed by atoms with Gasteiger partial charge in [-0.2, -0.15) is 0 Å². The molecule has 0 atom stereocenters. The lowest BCUT2D eigenvalue weighted by Gasteiger charge is -2.23. The van der Waals surface area contributed by atoms with Crippen LogP contribution in [0.15, 0.2) is 48.2 Å². The van der Waals surface area contributed by atoms with Crippen LogP contribution < -0.4 is 10.2 Å². The molecule has 0 bridgehead atoms. The van der Waals surface area contributed by atoms with Crippen molar-refractivity contribution in [3.05, 3.63) is 64.2 Å². The highest BCUT2D eigenvalue weighted by Gasteiger charge is 2.29. The second-order valence-electron chi connectivity index (χ2n) is 8.20. The third-order valence-electron chi connectivity index (χ3n) is 5.67. The standard InChI is InChI=1S/C25H26N4O4S/c1-16(30)29(14-17-3-4-17)23-8-6-18(11-21(23)25(32)33-2)22-7-5-19(12-28-22)24(31)27-10-9-20-13-26-15-34-20/h5-8,11-13,15,17H,3-4,9-10,14H2,1-2H3,(H,27,31). The van der Waals surface area contributed by atoms with Crippen LogP contribution in [0.2, 0.25) is 0 Å². The lowest BCUT2D eigenvalue weighted by molar-refractivity contribution is -0.116. The molecule has 176 valence electrons. The molecule has 2 amide bonds. The van der Waals surface area contributed by atoms with E-state index in [4.69, 9.17) is 4.74 Å². The quantitative estimate of drug-likeness (QED) is 0.470. The van der Waals surface area contributed by atoms with E-state index in [-0.39, 0.29) is 11.8 Å². The molecular formula is C25H26N4O4S. The third-order valence-corrected chi connectivity index (χ3v) is 6.51. The number of methoxy groups -OCH3 is 1. The predicted octanol–water partition coefficient (Wildman–Crippen LogP) is 3.73. The van der Waals surface area contributed by atoms with Gasteiger partial charge in [0.15, 0.2) is 0 Å². The van der Waals surface area contributed by atoms with E-state index < -0.39 is 5.97 Å². The minimum Gasteiger partial charge on any atom is -0.465 e. The van der Waals surface area contributed by atoms with Gasteiger partial charge in [-0.25, -0.2) is 4.79 Å². The van der Waals surface area contributed by atoms with Crippen molar-refractivity contribution in [1.82, 2.24) is 15.3 Å². The zero-order valence-corrected chi connectivity index (χ0v) is 19.9. The molecule has 34 heavy (non-hydrogen) atoms. The topological polar surface area (TPSA) is 101 Å². The summed E-state index contributed by atoms with van der Waals surface area (Å²) in [6.45, 7) is 2.60. The number of esters is 1. The second-order valence-corrected chi connectivity index (χ2v) is 9.17. The number of hydrogen-bond acceptors (Lipinski definition) is 7. The van der Waals surface area contributed by atoms with Gasteiger partial charge in [0.2, 0.25) is 5.91 Å². The van der Waals surface area contributed by atoms with Crippen molar-refractivity contribution < 1.29 is 19.1 Å². The number of hydrogen-bond donors (Lipinski definition) is 1. The molecule has 1 aromatic carbocycles. The molecule has 4 rings (SSSR count). The van der Waals surface area contributed by atoms with Crippen molar-refractivity contribution in [2.75, 3.05) is 25.1 Å². The molecule has 1 N–H and O–H groups in total. The molecule has 9 heteroatoms. The van der Waals surface area contributed by atoms with Crippen LogP contribution in [0.4, 0.5) is 5.69 Å². The van der Waals surface area contributed by atoms with Gasteiger partial charge in [-0.15, -0.1) is 11.3 Å². The third kappa shape index (κ3) is 5.66. The minimum atomic E-state index is -0.518. The van der Waals surface area contributed by atoms with E-state index >= 15 is 0 Å². The first-order valence-electron chi connectivity index (χ1n) is 11.1. The van der Waals surface area contributed by atoms with E-state index in [1.807, 2.05) is 6.07 Å². The highest BCUT2D eigenvalue weighted by atomic mass is 32.1. The number of thiazole rings is 1. The van der Waals surface area contributed by atoms with E-state index in [2.05, 4.69) is 15.3 Å². The smallest absolute Gasteiger partial charge is 0.340 e. The Hall–Kier alpha value is -3.59. The lowest BCUT2D eigenvalue weighted by Crippen LogP contribution is -2.32. The highest BCUT2D eigenvalue weighted by Crippen LogP contribution is 2.34. The number of amides is 2. The van der Waals surface area contributed by atoms with Crippen molar-refractivity contribution in [1.29, 1.82) is 0 Å². The Morgan fingerprint density at radius 1 is 1.18 bits per heavy atom. The van der Waals surface area contributed by atoms with E-state index in [1.54, 1.807) is 52.2 Å². The van der Waals surface area contributed by atoms with Gasteiger partial charge in [-0.1, -0.05) is 6.07 Å². The van der Waals surface area contributed by atoms with Gasteiger partial charge >= 0.3 is 5.97 Å². The van der Waals surface area contributed by atoms with Crippen LogP contribution >= 0.6 is 11.3 Å². The average molecular weight is 479 g/mol. The van der Waals surface area contributed by atoms with E-state index in [1.165, 1.54) is 20.2 Å². The summed E-state index contributed by atoms with van der Waals surface area (Å²) in [6, 6.07) is 8.70. The van der Waals surface area contributed by atoms with Crippen molar-refractivity contribution in [2.45, 2.75) is 26.2 Å². The summed E-state index contributed by atoms with van der Waals surface area (Å²) in [4.78, 5) is 48.4. The Balaban J connectivity index is 1.51.